The Balaban J connectivity index is 0.994. The van der Waals surface area contributed by atoms with Gasteiger partial charge in [0.1, 0.15) is 11.9 Å². The number of nitrogens with zero attached hydrogens (tertiary/aromatic N) is 2. The molecule has 2 aliphatic carbocycles. The Kier molecular flexibility index (Phi) is 6.72. The van der Waals surface area contributed by atoms with Crippen molar-refractivity contribution in [3.63, 3.8) is 0 Å². The Bertz CT molecular complexity index is 2840. The number of anilines is 3. The summed E-state index contributed by atoms with van der Waals surface area (Å²) in [6.07, 6.45) is 8.70. The number of para-hydroxylation sites is 3. The van der Waals surface area contributed by atoms with Gasteiger partial charge < -0.3 is 14.2 Å². The quantitative estimate of drug-likeness (QED) is 0.178. The van der Waals surface area contributed by atoms with Crippen LogP contribution < -0.4 is 9.64 Å². The van der Waals surface area contributed by atoms with Gasteiger partial charge in [0.25, 0.3) is 0 Å². The van der Waals surface area contributed by atoms with Crippen molar-refractivity contribution in [2.24, 2.45) is 0 Å². The fraction of sp³-hybridized carbons (Fsp3) is 0.0980. The first-order chi connectivity index (χ1) is 26.5. The zero-order valence-corrected chi connectivity index (χ0v) is 30.3. The summed E-state index contributed by atoms with van der Waals surface area (Å²) in [5, 5.41) is 2.54. The van der Waals surface area contributed by atoms with E-state index in [1.165, 1.54) is 66.4 Å². The van der Waals surface area contributed by atoms with Gasteiger partial charge in [-0.25, -0.2) is 0 Å². The maximum Gasteiger partial charge on any atom is 0.128 e. The third-order valence-corrected chi connectivity index (χ3v) is 11.9. The molecule has 0 fully saturated rings. The van der Waals surface area contributed by atoms with E-state index < -0.39 is 0 Å². The summed E-state index contributed by atoms with van der Waals surface area (Å²) in [6, 6.07) is 57.9. The predicted octanol–water partition coefficient (Wildman–Crippen LogP) is 13.2. The molecule has 54 heavy (non-hydrogen) atoms. The minimum atomic E-state index is -0.190. The molecule has 3 heteroatoms. The first kappa shape index (κ1) is 31.0. The molecule has 3 nitrogen and oxygen atoms in total. The topological polar surface area (TPSA) is 17.4 Å². The van der Waals surface area contributed by atoms with E-state index in [1.54, 1.807) is 0 Å². The molecule has 2 unspecified atom stereocenters. The van der Waals surface area contributed by atoms with Crippen LogP contribution in [0.5, 0.6) is 5.75 Å². The van der Waals surface area contributed by atoms with Crippen LogP contribution in [0.2, 0.25) is 0 Å². The standard InChI is InChI=1S/C51H38N2O/c1-51(2)45-30-34(33-22-27-48-43(29-33)41-17-9-11-19-47(41)53(48)36-15-7-4-8-16-36)21-25-39(45)40-26-23-38(32-46(40)51)52(35-13-5-3-6-14-35)37-24-28-50-44(31-37)42-18-10-12-20-49(42)54-50/h3-32,42,49H,1-2H3. The SMILES string of the molecule is CC1(C)c2cc(-c3ccc4c(c3)c3ccccc3n4-c3ccccc3)ccc2-c2ccc(N(c3ccccc3)c3ccc4c(c3)C3C=CC=CC3O4)cc21. The summed E-state index contributed by atoms with van der Waals surface area (Å²) in [4.78, 5) is 2.39. The molecule has 1 aliphatic heterocycles. The molecule has 0 amide bonds. The summed E-state index contributed by atoms with van der Waals surface area (Å²) in [5.41, 5.74) is 15.9. The molecule has 1 aromatic heterocycles. The van der Waals surface area contributed by atoms with Crippen LogP contribution in [0.1, 0.15) is 36.5 Å². The van der Waals surface area contributed by atoms with E-state index in [2.05, 4.69) is 205 Å². The highest BCUT2D eigenvalue weighted by Gasteiger charge is 2.37. The minimum Gasteiger partial charge on any atom is -0.485 e. The Morgan fingerprint density at radius 2 is 1.19 bits per heavy atom. The summed E-state index contributed by atoms with van der Waals surface area (Å²) in [5.74, 6) is 1.20. The van der Waals surface area contributed by atoms with Gasteiger partial charge in [0.2, 0.25) is 0 Å². The van der Waals surface area contributed by atoms with Gasteiger partial charge in [0.15, 0.2) is 0 Å². The largest absolute Gasteiger partial charge is 0.485 e. The fourth-order valence-corrected chi connectivity index (χ4v) is 9.25. The van der Waals surface area contributed by atoms with Crippen molar-refractivity contribution in [3.05, 3.63) is 199 Å². The molecule has 2 atom stereocenters. The second-order valence-corrected chi connectivity index (χ2v) is 15.3. The van der Waals surface area contributed by atoms with Gasteiger partial charge in [-0.15, -0.1) is 0 Å². The van der Waals surface area contributed by atoms with Crippen molar-refractivity contribution in [1.82, 2.24) is 4.57 Å². The number of hydrogen-bond acceptors (Lipinski definition) is 2. The smallest absolute Gasteiger partial charge is 0.128 e. The van der Waals surface area contributed by atoms with Gasteiger partial charge in [-0.05, 0) is 118 Å². The number of aromatic nitrogens is 1. The lowest BCUT2D eigenvalue weighted by molar-refractivity contribution is 0.269. The molecule has 2 heterocycles. The van der Waals surface area contributed by atoms with Crippen molar-refractivity contribution in [2.45, 2.75) is 31.3 Å². The zero-order valence-electron chi connectivity index (χ0n) is 30.3. The summed E-state index contributed by atoms with van der Waals surface area (Å²) in [7, 11) is 0. The number of allylic oxidation sites excluding steroid dienone is 2. The molecular weight excluding hydrogens is 657 g/mol. The van der Waals surface area contributed by atoms with E-state index >= 15 is 0 Å². The van der Waals surface area contributed by atoms with Gasteiger partial charge in [-0.2, -0.15) is 0 Å². The summed E-state index contributed by atoms with van der Waals surface area (Å²) < 4.78 is 8.70. The predicted molar refractivity (Wildman–Crippen MR) is 224 cm³/mol. The third kappa shape index (κ3) is 4.61. The Morgan fingerprint density at radius 3 is 2.04 bits per heavy atom. The van der Waals surface area contributed by atoms with E-state index in [9.17, 15) is 0 Å². The van der Waals surface area contributed by atoms with Crippen LogP contribution in [0.4, 0.5) is 17.1 Å². The highest BCUT2D eigenvalue weighted by Crippen LogP contribution is 2.52. The lowest BCUT2D eigenvalue weighted by Crippen LogP contribution is -2.17. The normalized spacial score (nSPS) is 17.2. The Hall–Kier alpha value is -6.58. The van der Waals surface area contributed by atoms with Crippen molar-refractivity contribution in [2.75, 3.05) is 4.90 Å². The monoisotopic (exact) mass is 694 g/mol. The van der Waals surface area contributed by atoms with Crippen LogP contribution in [0.15, 0.2) is 182 Å². The third-order valence-electron chi connectivity index (χ3n) is 11.9. The van der Waals surface area contributed by atoms with E-state index in [1.807, 2.05) is 0 Å². The first-order valence-electron chi connectivity index (χ1n) is 18.9. The highest BCUT2D eigenvalue weighted by atomic mass is 16.5. The molecule has 0 saturated heterocycles. The van der Waals surface area contributed by atoms with Gasteiger partial charge in [0, 0.05) is 50.4 Å². The molecular formula is C51H38N2O. The van der Waals surface area contributed by atoms with Crippen LogP contribution in [-0.4, -0.2) is 10.7 Å². The maximum atomic E-state index is 6.32. The molecule has 11 rings (SSSR count). The second kappa shape index (κ2) is 11.7. The number of hydrogen-bond donors (Lipinski definition) is 0. The fourth-order valence-electron chi connectivity index (χ4n) is 9.25. The van der Waals surface area contributed by atoms with Gasteiger partial charge in [-0.3, -0.25) is 0 Å². The summed E-state index contributed by atoms with van der Waals surface area (Å²) >= 11 is 0. The molecule has 0 saturated carbocycles. The lowest BCUT2D eigenvalue weighted by Gasteiger charge is -2.28. The van der Waals surface area contributed by atoms with Crippen LogP contribution in [0.3, 0.4) is 0 Å². The first-order valence-corrected chi connectivity index (χ1v) is 18.9. The van der Waals surface area contributed by atoms with Crippen molar-refractivity contribution in [1.29, 1.82) is 0 Å². The van der Waals surface area contributed by atoms with E-state index in [0.717, 1.165) is 22.8 Å². The molecule has 0 spiro atoms. The van der Waals surface area contributed by atoms with E-state index in [0.29, 0.717) is 0 Å². The number of rotatable bonds is 5. The zero-order chi connectivity index (χ0) is 36.0. The van der Waals surface area contributed by atoms with Gasteiger partial charge in [-0.1, -0.05) is 111 Å². The number of fused-ring (bicyclic) bond motifs is 9. The maximum absolute atomic E-state index is 6.32. The molecule has 0 N–H and O–H groups in total. The Labute approximate surface area is 315 Å². The van der Waals surface area contributed by atoms with Crippen molar-refractivity contribution < 1.29 is 4.74 Å². The van der Waals surface area contributed by atoms with Gasteiger partial charge >= 0.3 is 0 Å². The highest BCUT2D eigenvalue weighted by molar-refractivity contribution is 6.10. The van der Waals surface area contributed by atoms with Crippen LogP contribution in [0, 0.1) is 0 Å². The van der Waals surface area contributed by atoms with Crippen LogP contribution in [0.25, 0.3) is 49.7 Å². The molecule has 258 valence electrons. The molecule has 0 bridgehead atoms. The van der Waals surface area contributed by atoms with Crippen molar-refractivity contribution >= 4 is 38.9 Å². The Morgan fingerprint density at radius 1 is 0.537 bits per heavy atom. The van der Waals surface area contributed by atoms with E-state index in [4.69, 9.17) is 4.74 Å². The van der Waals surface area contributed by atoms with Crippen molar-refractivity contribution in [3.8, 4) is 33.7 Å². The molecule has 3 aliphatic rings. The molecule has 8 aromatic rings. The van der Waals surface area contributed by atoms with Crippen LogP contribution >= 0.6 is 0 Å². The molecule has 0 radical (unpaired) electrons. The summed E-state index contributed by atoms with van der Waals surface area (Å²) in [6.45, 7) is 4.76. The average Bonchev–Trinajstić information content (AvgIpc) is 3.83. The molecule has 7 aromatic carbocycles. The van der Waals surface area contributed by atoms with E-state index in [-0.39, 0.29) is 17.4 Å². The lowest BCUT2D eigenvalue weighted by atomic mass is 9.81. The van der Waals surface area contributed by atoms with Crippen LogP contribution in [-0.2, 0) is 5.41 Å². The minimum absolute atomic E-state index is 0.0613. The second-order valence-electron chi connectivity index (χ2n) is 15.3. The number of benzene rings is 7. The average molecular weight is 695 g/mol. The number of ether oxygens (including phenoxy) is 1. The van der Waals surface area contributed by atoms with Gasteiger partial charge in [0.05, 0.1) is 11.0 Å².